The van der Waals surface area contributed by atoms with Gasteiger partial charge >= 0.3 is 0 Å². The van der Waals surface area contributed by atoms with Crippen LogP contribution in [0.5, 0.6) is 0 Å². The molecule has 152 valence electrons. The molecule has 2 N–H and O–H groups in total. The third-order valence-corrected chi connectivity index (χ3v) is 6.30. The van der Waals surface area contributed by atoms with Gasteiger partial charge in [-0.05, 0) is 57.5 Å². The van der Waals surface area contributed by atoms with E-state index in [4.69, 9.17) is 4.98 Å². The normalized spacial score (nSPS) is 12.1. The van der Waals surface area contributed by atoms with E-state index < -0.39 is 6.04 Å². The number of nitrogens with zero attached hydrogens (tertiary/aromatic N) is 1. The molecule has 0 radical (unpaired) electrons. The number of anilines is 1. The van der Waals surface area contributed by atoms with Crippen molar-refractivity contribution in [1.29, 1.82) is 0 Å². The zero-order valence-corrected chi connectivity index (χ0v) is 18.2. The number of aryl methyl sites for hydroxylation is 1. The Hall–Kier alpha value is -3.25. The summed E-state index contributed by atoms with van der Waals surface area (Å²) < 4.78 is 1.15. The Morgan fingerprint density at radius 2 is 1.87 bits per heavy atom. The topological polar surface area (TPSA) is 74.8 Å². The zero-order chi connectivity index (χ0) is 21.4. The van der Waals surface area contributed by atoms with Gasteiger partial charge in [0.2, 0.25) is 5.78 Å². The summed E-state index contributed by atoms with van der Waals surface area (Å²) in [5.41, 5.74) is 5.36. The van der Waals surface area contributed by atoms with Crippen LogP contribution in [0.15, 0.2) is 48.5 Å². The molecule has 4 rings (SSSR count). The van der Waals surface area contributed by atoms with Crippen molar-refractivity contribution in [2.75, 3.05) is 5.32 Å². The summed E-state index contributed by atoms with van der Waals surface area (Å²) in [6, 6.07) is 15.5. The number of carbonyl (C=O) groups excluding carboxylic acids is 2. The smallest absolute Gasteiger partial charge is 0.201 e. The molecular weight excluding hydrogens is 394 g/mol. The van der Waals surface area contributed by atoms with Gasteiger partial charge in [-0.25, -0.2) is 4.98 Å². The molecule has 2 aromatic heterocycles. The van der Waals surface area contributed by atoms with E-state index in [0.29, 0.717) is 16.8 Å². The van der Waals surface area contributed by atoms with Crippen LogP contribution >= 0.6 is 11.3 Å². The second-order valence-corrected chi connectivity index (χ2v) is 8.51. The van der Waals surface area contributed by atoms with Gasteiger partial charge in [0.1, 0.15) is 5.01 Å². The van der Waals surface area contributed by atoms with E-state index in [1.807, 2.05) is 63.2 Å². The average molecular weight is 418 g/mol. The molecule has 0 unspecified atom stereocenters. The summed E-state index contributed by atoms with van der Waals surface area (Å²) >= 11 is 1.65. The second kappa shape index (κ2) is 7.88. The molecule has 5 nitrogen and oxygen atoms in total. The Labute approximate surface area is 179 Å². The van der Waals surface area contributed by atoms with E-state index in [-0.39, 0.29) is 11.6 Å². The van der Waals surface area contributed by atoms with E-state index in [1.165, 1.54) is 6.92 Å². The molecule has 1 atom stereocenters. The summed E-state index contributed by atoms with van der Waals surface area (Å²) in [6.45, 7) is 6.98. The number of ketones is 2. The summed E-state index contributed by atoms with van der Waals surface area (Å²) in [5, 5.41) is 4.24. The molecule has 0 saturated heterocycles. The van der Waals surface area contributed by atoms with Crippen molar-refractivity contribution in [3.05, 3.63) is 71.0 Å². The number of Topliss-reactive ketones (excluding diaryl/α,β-unsaturated/α-hetero) is 2. The molecule has 0 spiro atoms. The number of carbonyl (C=O) groups is 2. The van der Waals surface area contributed by atoms with Crippen molar-refractivity contribution in [2.24, 2.45) is 0 Å². The lowest BCUT2D eigenvalue weighted by atomic mass is 10.0. The van der Waals surface area contributed by atoms with E-state index in [2.05, 4.69) is 16.4 Å². The molecule has 0 amide bonds. The summed E-state index contributed by atoms with van der Waals surface area (Å²) in [4.78, 5) is 32.7. The average Bonchev–Trinajstić information content (AvgIpc) is 3.28. The van der Waals surface area contributed by atoms with Crippen molar-refractivity contribution in [3.63, 3.8) is 0 Å². The molecule has 6 heteroatoms. The van der Waals surface area contributed by atoms with Crippen molar-refractivity contribution in [3.8, 4) is 10.6 Å². The van der Waals surface area contributed by atoms with Gasteiger partial charge in [0.25, 0.3) is 0 Å². The molecule has 2 aromatic carbocycles. The van der Waals surface area contributed by atoms with Gasteiger partial charge in [-0.1, -0.05) is 24.3 Å². The van der Waals surface area contributed by atoms with Gasteiger partial charge in [-0.15, -0.1) is 11.3 Å². The monoisotopic (exact) mass is 417 g/mol. The van der Waals surface area contributed by atoms with Crippen LogP contribution in [0.25, 0.3) is 20.8 Å². The van der Waals surface area contributed by atoms with Crippen molar-refractivity contribution in [1.82, 2.24) is 9.97 Å². The van der Waals surface area contributed by atoms with Crippen LogP contribution in [0, 0.1) is 13.8 Å². The first-order valence-corrected chi connectivity index (χ1v) is 10.6. The first-order valence-electron chi connectivity index (χ1n) is 9.82. The minimum Gasteiger partial charge on any atom is -0.375 e. The standard InChI is InChI=1S/C24H23N3O2S/c1-13-21(16(4)28)14(2)26-22(13)23(29)15(3)25-18-9-7-8-17(12-18)24-27-19-10-5-6-11-20(19)30-24/h5-12,15,25-26H,1-4H3/t15-/m0/s1. The van der Waals surface area contributed by atoms with E-state index in [0.717, 1.165) is 32.2 Å². The third-order valence-electron chi connectivity index (χ3n) is 5.22. The predicted octanol–water partition coefficient (Wildman–Crippen LogP) is 5.79. The molecule has 0 aliphatic rings. The Morgan fingerprint density at radius 1 is 1.10 bits per heavy atom. The van der Waals surface area contributed by atoms with Gasteiger partial charge < -0.3 is 10.3 Å². The van der Waals surface area contributed by atoms with Gasteiger partial charge in [0.05, 0.1) is 22.0 Å². The van der Waals surface area contributed by atoms with Crippen LogP contribution in [0.4, 0.5) is 5.69 Å². The van der Waals surface area contributed by atoms with Crippen LogP contribution in [0.2, 0.25) is 0 Å². The molecule has 0 aliphatic carbocycles. The lowest BCUT2D eigenvalue weighted by Crippen LogP contribution is -2.27. The number of aromatic nitrogens is 2. The Bertz CT molecular complexity index is 1240. The molecule has 2 heterocycles. The van der Waals surface area contributed by atoms with E-state index in [9.17, 15) is 9.59 Å². The fourth-order valence-electron chi connectivity index (χ4n) is 3.79. The number of benzene rings is 2. The van der Waals surface area contributed by atoms with Gasteiger partial charge in [0, 0.05) is 22.5 Å². The number of para-hydroxylation sites is 1. The number of H-pyrrole nitrogens is 1. The maximum absolute atomic E-state index is 13.0. The Kier molecular flexibility index (Phi) is 5.26. The van der Waals surface area contributed by atoms with Gasteiger partial charge in [-0.2, -0.15) is 0 Å². The lowest BCUT2D eigenvalue weighted by molar-refractivity contribution is 0.0970. The summed E-state index contributed by atoms with van der Waals surface area (Å²) in [6.07, 6.45) is 0. The van der Waals surface area contributed by atoms with Gasteiger partial charge in [-0.3, -0.25) is 9.59 Å². The quantitative estimate of drug-likeness (QED) is 0.389. The second-order valence-electron chi connectivity index (χ2n) is 7.48. The first-order chi connectivity index (χ1) is 14.3. The molecule has 0 aliphatic heterocycles. The number of aromatic amines is 1. The largest absolute Gasteiger partial charge is 0.375 e. The van der Waals surface area contributed by atoms with Crippen LogP contribution in [0.3, 0.4) is 0 Å². The Morgan fingerprint density at radius 3 is 2.57 bits per heavy atom. The van der Waals surface area contributed by atoms with Crippen LogP contribution in [0.1, 0.15) is 46.0 Å². The highest BCUT2D eigenvalue weighted by atomic mass is 32.1. The minimum absolute atomic E-state index is 0.0375. The molecule has 0 fully saturated rings. The molecule has 0 saturated carbocycles. The number of fused-ring (bicyclic) bond motifs is 1. The van der Waals surface area contributed by atoms with Crippen LogP contribution < -0.4 is 5.32 Å². The van der Waals surface area contributed by atoms with Crippen LogP contribution in [-0.2, 0) is 0 Å². The molecule has 4 aromatic rings. The van der Waals surface area contributed by atoms with Crippen molar-refractivity contribution in [2.45, 2.75) is 33.7 Å². The highest BCUT2D eigenvalue weighted by Gasteiger charge is 2.23. The maximum atomic E-state index is 13.0. The maximum Gasteiger partial charge on any atom is 0.201 e. The number of rotatable bonds is 6. The number of thiazole rings is 1. The first kappa shape index (κ1) is 20.0. The van der Waals surface area contributed by atoms with Crippen LogP contribution in [-0.4, -0.2) is 27.6 Å². The molecular formula is C24H23N3O2S. The fourth-order valence-corrected chi connectivity index (χ4v) is 4.76. The minimum atomic E-state index is -0.452. The SMILES string of the molecule is CC(=O)c1c(C)[nH]c(C(=O)[C@H](C)Nc2cccc(-c3nc4ccccc4s3)c2)c1C. The summed E-state index contributed by atoms with van der Waals surface area (Å²) in [7, 11) is 0. The third kappa shape index (κ3) is 3.66. The predicted molar refractivity (Wildman–Crippen MR) is 123 cm³/mol. The molecule has 30 heavy (non-hydrogen) atoms. The van der Waals surface area contributed by atoms with E-state index in [1.54, 1.807) is 11.3 Å². The number of hydrogen-bond acceptors (Lipinski definition) is 5. The number of hydrogen-bond donors (Lipinski definition) is 2. The van der Waals surface area contributed by atoms with Crippen molar-refractivity contribution < 1.29 is 9.59 Å². The highest BCUT2D eigenvalue weighted by Crippen LogP contribution is 2.31. The fraction of sp³-hybridized carbons (Fsp3) is 0.208. The zero-order valence-electron chi connectivity index (χ0n) is 17.4. The highest BCUT2D eigenvalue weighted by molar-refractivity contribution is 7.21. The lowest BCUT2D eigenvalue weighted by Gasteiger charge is -2.15. The van der Waals surface area contributed by atoms with Crippen molar-refractivity contribution >= 4 is 38.8 Å². The van der Waals surface area contributed by atoms with E-state index >= 15 is 0 Å². The Balaban J connectivity index is 1.57. The number of nitrogens with one attached hydrogen (secondary N) is 2. The molecule has 0 bridgehead atoms. The summed E-state index contributed by atoms with van der Waals surface area (Å²) in [5.74, 6) is -0.113. The van der Waals surface area contributed by atoms with Gasteiger partial charge in [0.15, 0.2) is 5.78 Å².